The molecule has 702 valence electrons. The van der Waals surface area contributed by atoms with Gasteiger partial charge in [0.2, 0.25) is 35.2 Å². The summed E-state index contributed by atoms with van der Waals surface area (Å²) in [5.41, 5.74) is 11.0. The molecule has 130 heavy (non-hydrogen) atoms. The van der Waals surface area contributed by atoms with Gasteiger partial charge in [-0.3, -0.25) is 57.7 Å². The van der Waals surface area contributed by atoms with Crippen LogP contribution in [-0.2, 0) is 98.3 Å². The Labute approximate surface area is 759 Å². The number of phenolic OH excluding ortho intramolecular Hbond substituents is 1. The summed E-state index contributed by atoms with van der Waals surface area (Å²) in [4.78, 5) is 150. The number of Topliss-reactive ketones (excluding diaryl/α,β-unsaturated/α-hetero) is 4. The minimum absolute atomic E-state index is 0.0281. The van der Waals surface area contributed by atoms with Crippen LogP contribution in [0.5, 0.6) is 5.75 Å². The Bertz CT molecular complexity index is 5450. The van der Waals surface area contributed by atoms with E-state index in [1.54, 1.807) is 74.6 Å². The minimum Gasteiger partial charge on any atom is -0.508 e. The number of allylic oxidation sites excluding steroid dienone is 6. The lowest BCUT2D eigenvalue weighted by molar-refractivity contribution is -0.433. The molecule has 34 heteroatoms. The summed E-state index contributed by atoms with van der Waals surface area (Å²) in [5, 5.41) is 77.1. The number of phenols is 1. The van der Waals surface area contributed by atoms with E-state index in [0.29, 0.717) is 47.5 Å². The van der Waals surface area contributed by atoms with Gasteiger partial charge in [-0.2, -0.15) is 21.4 Å². The summed E-state index contributed by atoms with van der Waals surface area (Å²) in [7, 11) is -9.08. The number of aliphatic carboxylic acids is 1. The number of guanidine groups is 1. The third kappa shape index (κ3) is 27.8. The topological polar surface area (TPSA) is 525 Å². The number of benzene rings is 5. The number of nitrogens with one attached hydrogen (secondary N) is 8. The molecule has 1 fully saturated rings. The Morgan fingerprint density at radius 2 is 1.18 bits per heavy atom. The van der Waals surface area contributed by atoms with Gasteiger partial charge in [0.1, 0.15) is 24.4 Å². The lowest BCUT2D eigenvalue weighted by Gasteiger charge is -2.29. The molecule has 32 nitrogen and oxygen atoms in total. The van der Waals surface area contributed by atoms with E-state index in [4.69, 9.17) is 11.1 Å². The molecule has 9 rings (SSSR count). The van der Waals surface area contributed by atoms with Gasteiger partial charge in [-0.05, 0) is 174 Å². The Kier molecular flexibility index (Phi) is 36.5. The number of hydrogen-bond donors (Lipinski definition) is 16. The van der Waals surface area contributed by atoms with Crippen LogP contribution in [0.25, 0.3) is 10.9 Å². The standard InChI is InChI=1S/C96H125N11O21S2/c1-9-106-79-40-38-69(129(123,124)125)53-72(79)95(5,6)85(106)31-17-12-18-32-86-96(7,8)73-54-70(130(126,127)128)39-41-80(73)107(86)43-22-21-33-87(116)105-88(59(4)110)84(115)51-64(45-60-24-13-10-14-25-60)90(118)103-77(47-61-26-15-11-16-27-61)83(114)52-67(56-108)92(120)101-75(30-23-42-99-94(97)98)81(112)49-63(46-62-34-36-68(111)37-35-62)89(117)102-76(44-58(2)3)82(113)50-65(91(119)104-78(57-109)93(121)122)48-66-55-100-74-29-20-19-28-71(66)74/h11-12,15-20,26-29,31-32,34-41,53-55,58-60,63-65,67,75-78,88,100,108-110H,9-10,13-14,21-25,30,33,42-52,56-57H2,1-8H3,(H12-,97,98,99,101,102,103,104,105,111,116,117,118,119,120,121,122,123,124,125,126,127,128)/p+1/t59-,63-,64-,65-,67-,75-,76+,77+,78+,88-/m1/s1. The van der Waals surface area contributed by atoms with Gasteiger partial charge in [-0.1, -0.05) is 139 Å². The zero-order chi connectivity index (χ0) is 95.1. The number of aromatic amines is 1. The van der Waals surface area contributed by atoms with E-state index in [1.165, 1.54) is 55.5 Å². The van der Waals surface area contributed by atoms with E-state index in [0.717, 1.165) is 65.7 Å². The number of carbonyl (C=O) groups is 10. The van der Waals surface area contributed by atoms with Crippen molar-refractivity contribution in [1.82, 2.24) is 36.9 Å². The van der Waals surface area contributed by atoms with Crippen LogP contribution in [0.3, 0.4) is 0 Å². The van der Waals surface area contributed by atoms with Crippen LogP contribution < -0.4 is 42.5 Å². The Morgan fingerprint density at radius 1 is 0.615 bits per heavy atom. The normalized spacial score (nSPS) is 17.1. The number of carboxylic acids is 1. The molecule has 5 aromatic carbocycles. The zero-order valence-corrected chi connectivity index (χ0v) is 76.6. The fourth-order valence-electron chi connectivity index (χ4n) is 17.7. The number of amides is 5. The molecule has 0 bridgehead atoms. The van der Waals surface area contributed by atoms with Crippen molar-refractivity contribution < 1.29 is 104 Å². The third-order valence-electron chi connectivity index (χ3n) is 24.8. The summed E-state index contributed by atoms with van der Waals surface area (Å²) in [5.74, 6) is -14.0. The molecule has 17 N–H and O–H groups in total. The largest absolute Gasteiger partial charge is 0.508 e. The number of unbranched alkanes of at least 4 members (excludes halogenated alkanes) is 1. The van der Waals surface area contributed by atoms with Crippen molar-refractivity contribution in [1.29, 1.82) is 5.41 Å². The fourth-order valence-corrected chi connectivity index (χ4v) is 18.7. The molecule has 3 aliphatic rings. The second kappa shape index (κ2) is 46.4. The maximum atomic E-state index is 15.2. The number of hydrogen-bond acceptors (Lipinski definition) is 20. The first kappa shape index (κ1) is 102. The number of fused-ring (bicyclic) bond motifs is 3. The van der Waals surface area contributed by atoms with Crippen molar-refractivity contribution in [3.63, 3.8) is 0 Å². The van der Waals surface area contributed by atoms with Crippen LogP contribution in [0.4, 0.5) is 11.4 Å². The molecule has 3 heterocycles. The monoisotopic (exact) mass is 1830 g/mol. The van der Waals surface area contributed by atoms with Gasteiger partial charge < -0.3 is 73.1 Å². The molecule has 1 aromatic heterocycles. The Hall–Kier alpha value is -11.4. The highest BCUT2D eigenvalue weighted by atomic mass is 32.2. The van der Waals surface area contributed by atoms with E-state index < -0.39 is 195 Å². The van der Waals surface area contributed by atoms with Crippen LogP contribution in [0.1, 0.15) is 186 Å². The van der Waals surface area contributed by atoms with Crippen molar-refractivity contribution in [2.45, 2.75) is 234 Å². The van der Waals surface area contributed by atoms with Gasteiger partial charge in [-0.25, -0.2) is 4.79 Å². The van der Waals surface area contributed by atoms with Gasteiger partial charge in [0.25, 0.3) is 20.2 Å². The van der Waals surface area contributed by atoms with E-state index in [2.05, 4.69) is 41.5 Å². The lowest BCUT2D eigenvalue weighted by atomic mass is 9.80. The summed E-state index contributed by atoms with van der Waals surface area (Å²) in [6.07, 6.45) is 11.8. The second-order valence-electron chi connectivity index (χ2n) is 35.8. The molecule has 6 aromatic rings. The fraction of sp³-hybridized carbons (Fsp3) is 0.479. The minimum atomic E-state index is -4.61. The number of ketones is 4. The lowest BCUT2D eigenvalue weighted by Crippen LogP contribution is -2.51. The number of nitrogens with zero attached hydrogens (tertiary/aromatic N) is 2. The summed E-state index contributed by atoms with van der Waals surface area (Å²) >= 11 is 0. The number of anilines is 1. The molecular weight excluding hydrogens is 1710 g/mol. The highest BCUT2D eigenvalue weighted by Crippen LogP contribution is 2.49. The van der Waals surface area contributed by atoms with Gasteiger partial charge in [0.15, 0.2) is 34.8 Å². The van der Waals surface area contributed by atoms with Crippen LogP contribution in [0, 0.1) is 40.9 Å². The van der Waals surface area contributed by atoms with E-state index in [-0.39, 0.29) is 91.7 Å². The molecule has 1 saturated carbocycles. The highest BCUT2D eigenvalue weighted by molar-refractivity contribution is 7.86. The number of rotatable bonds is 50. The number of aromatic nitrogens is 1. The number of para-hydroxylation sites is 1. The van der Waals surface area contributed by atoms with E-state index in [1.807, 2.05) is 82.0 Å². The Balaban J connectivity index is 0.893. The summed E-state index contributed by atoms with van der Waals surface area (Å²) in [6.45, 7) is 13.7. The number of nitrogens with two attached hydrogens (primary N) is 1. The third-order valence-corrected chi connectivity index (χ3v) is 26.5. The molecule has 2 aliphatic heterocycles. The number of aliphatic hydroxyl groups excluding tert-OH is 3. The van der Waals surface area contributed by atoms with Crippen LogP contribution in [0.2, 0.25) is 0 Å². The van der Waals surface area contributed by atoms with Gasteiger partial charge >= 0.3 is 5.97 Å². The maximum Gasteiger partial charge on any atom is 0.328 e. The van der Waals surface area contributed by atoms with Gasteiger partial charge in [0, 0.05) is 115 Å². The molecule has 5 amide bonds. The highest BCUT2D eigenvalue weighted by Gasteiger charge is 2.46. The molecule has 0 radical (unpaired) electrons. The average Bonchev–Trinajstić information content (AvgIpc) is 1.59. The van der Waals surface area contributed by atoms with Gasteiger partial charge in [0.05, 0.1) is 58.6 Å². The smallest absolute Gasteiger partial charge is 0.328 e. The average molecular weight is 1830 g/mol. The molecular formula is C96H126N11O21S2+. The van der Waals surface area contributed by atoms with Crippen LogP contribution in [-0.4, -0.2) is 201 Å². The van der Waals surface area contributed by atoms with Crippen molar-refractivity contribution in [3.05, 3.63) is 185 Å². The van der Waals surface area contributed by atoms with Crippen molar-refractivity contribution in [2.75, 3.05) is 37.7 Å². The molecule has 0 spiro atoms. The molecule has 0 saturated heterocycles. The predicted molar refractivity (Wildman–Crippen MR) is 491 cm³/mol. The van der Waals surface area contributed by atoms with Crippen LogP contribution >= 0.6 is 0 Å². The van der Waals surface area contributed by atoms with Gasteiger partial charge in [-0.15, -0.1) is 0 Å². The quantitative estimate of drug-likeness (QED) is 0.00423. The second-order valence-corrected chi connectivity index (χ2v) is 38.6. The van der Waals surface area contributed by atoms with Crippen molar-refractivity contribution in [3.8, 4) is 5.75 Å². The Morgan fingerprint density at radius 3 is 1.81 bits per heavy atom. The molecule has 10 atom stereocenters. The summed E-state index contributed by atoms with van der Waals surface area (Å²) < 4.78 is 71.3. The van der Waals surface area contributed by atoms with E-state index >= 15 is 19.2 Å². The van der Waals surface area contributed by atoms with Crippen molar-refractivity contribution >= 4 is 113 Å². The molecule has 1 aliphatic carbocycles. The first-order valence-electron chi connectivity index (χ1n) is 44.4. The number of aliphatic hydroxyl groups is 3. The number of carbonyl (C=O) groups excluding carboxylic acids is 9. The SMILES string of the molecule is CC[N+]1=C(/C=C/C=C/C=C2/N(CCCCC(=O)N[C@@H](C(=O)C[C@@H](CC3CCCCC3)C(=O)N[C@@H](Cc3ccccc3)C(=O)C[C@H](CO)C(=O)N[C@H](CCCNC(=N)N)C(=O)C[C@@H](Cc3ccc(O)cc3)C(=O)N[C@@H](CC(C)C)C(=O)C[C@@H](Cc3c[nH]c4ccccc34)C(=O)N[C@@H](CO)C(=O)O)[C@@H](C)O)c3ccc(S(=O)(=O)O)cc3C2(C)C)C(C)(C)c2cc(S(=O)(=O)O)ccc21. The predicted octanol–water partition coefficient (Wildman–Crippen LogP) is 8.91. The first-order valence-corrected chi connectivity index (χ1v) is 47.3. The first-order chi connectivity index (χ1) is 61.5. The van der Waals surface area contributed by atoms with E-state index in [9.17, 15) is 80.2 Å². The molecule has 0 unspecified atom stereocenters. The maximum absolute atomic E-state index is 15.2. The summed E-state index contributed by atoms with van der Waals surface area (Å²) in [6, 6.07) is 23.2. The zero-order valence-electron chi connectivity index (χ0n) is 75.0. The number of aromatic hydroxyl groups is 1. The number of H-pyrrole nitrogens is 1. The van der Waals surface area contributed by atoms with Crippen LogP contribution in [0.15, 0.2) is 167 Å². The number of carboxylic acid groups (broad SMARTS) is 1. The van der Waals surface area contributed by atoms with Crippen molar-refractivity contribution in [2.24, 2.45) is 41.2 Å².